The number of hydrogen-bond donors (Lipinski definition) is 1. The van der Waals surface area contributed by atoms with E-state index in [1.54, 1.807) is 6.20 Å². The Kier molecular flexibility index (Phi) is 3.93. The highest BCUT2D eigenvalue weighted by atomic mass is 16.4. The third-order valence-electron chi connectivity index (χ3n) is 3.64. The van der Waals surface area contributed by atoms with Gasteiger partial charge in [-0.2, -0.15) is 0 Å². The normalized spacial score (nSPS) is 12.4. The highest BCUT2D eigenvalue weighted by molar-refractivity contribution is 5.69. The van der Waals surface area contributed by atoms with E-state index >= 15 is 0 Å². The van der Waals surface area contributed by atoms with E-state index in [1.807, 2.05) is 31.7 Å². The van der Waals surface area contributed by atoms with Gasteiger partial charge in [0.1, 0.15) is 5.82 Å². The summed E-state index contributed by atoms with van der Waals surface area (Å²) in [5.74, 6) is -0.229. The van der Waals surface area contributed by atoms with E-state index in [0.717, 1.165) is 22.5 Å². The SMILES string of the molecule is Cc1cc(C)c(C(CC(=O)O)c2nccn2C)c(C)c1. The molecule has 0 spiro atoms. The van der Waals surface area contributed by atoms with E-state index in [0.29, 0.717) is 0 Å². The summed E-state index contributed by atoms with van der Waals surface area (Å²) < 4.78 is 1.90. The first kappa shape index (κ1) is 14.3. The first-order valence-electron chi connectivity index (χ1n) is 6.67. The number of hydrogen-bond acceptors (Lipinski definition) is 2. The average molecular weight is 272 g/mol. The summed E-state index contributed by atoms with van der Waals surface area (Å²) in [7, 11) is 1.90. The van der Waals surface area contributed by atoms with Crippen molar-refractivity contribution in [3.8, 4) is 0 Å². The van der Waals surface area contributed by atoms with E-state index in [1.165, 1.54) is 5.56 Å². The Morgan fingerprint density at radius 3 is 2.35 bits per heavy atom. The third kappa shape index (κ3) is 2.74. The van der Waals surface area contributed by atoms with E-state index in [-0.39, 0.29) is 12.3 Å². The van der Waals surface area contributed by atoms with Crippen molar-refractivity contribution in [3.05, 3.63) is 52.6 Å². The maximum atomic E-state index is 11.2. The summed E-state index contributed by atoms with van der Waals surface area (Å²) in [4.78, 5) is 15.6. The van der Waals surface area contributed by atoms with Crippen LogP contribution in [0.15, 0.2) is 24.5 Å². The van der Waals surface area contributed by atoms with Gasteiger partial charge in [0.05, 0.1) is 12.3 Å². The number of aromatic nitrogens is 2. The van der Waals surface area contributed by atoms with Gasteiger partial charge in [-0.25, -0.2) is 4.98 Å². The molecule has 0 amide bonds. The van der Waals surface area contributed by atoms with Gasteiger partial charge in [0.2, 0.25) is 0 Å². The molecule has 4 heteroatoms. The Hall–Kier alpha value is -2.10. The molecular weight excluding hydrogens is 252 g/mol. The molecule has 4 nitrogen and oxygen atoms in total. The van der Waals surface area contributed by atoms with Gasteiger partial charge in [-0.05, 0) is 37.5 Å². The minimum absolute atomic E-state index is 0.0512. The van der Waals surface area contributed by atoms with E-state index in [4.69, 9.17) is 0 Å². The van der Waals surface area contributed by atoms with Crippen molar-refractivity contribution in [3.63, 3.8) is 0 Å². The summed E-state index contributed by atoms with van der Waals surface area (Å²) >= 11 is 0. The number of rotatable bonds is 4. The molecule has 0 saturated carbocycles. The summed E-state index contributed by atoms with van der Waals surface area (Å²) in [6.45, 7) is 6.12. The number of carbonyl (C=O) groups is 1. The number of benzene rings is 1. The molecule has 106 valence electrons. The lowest BCUT2D eigenvalue weighted by atomic mass is 9.86. The summed E-state index contributed by atoms with van der Waals surface area (Å²) in [6.07, 6.45) is 3.61. The first-order valence-corrected chi connectivity index (χ1v) is 6.67. The molecule has 0 saturated heterocycles. The summed E-state index contributed by atoms with van der Waals surface area (Å²) in [5.41, 5.74) is 4.51. The molecule has 0 radical (unpaired) electrons. The third-order valence-corrected chi connectivity index (χ3v) is 3.64. The molecule has 0 aliphatic heterocycles. The lowest BCUT2D eigenvalue weighted by Crippen LogP contribution is -2.15. The predicted octanol–water partition coefficient (Wildman–Crippen LogP) is 2.95. The van der Waals surface area contributed by atoms with E-state index in [9.17, 15) is 9.90 Å². The van der Waals surface area contributed by atoms with Gasteiger partial charge in [-0.15, -0.1) is 0 Å². The van der Waals surface area contributed by atoms with Crippen molar-refractivity contribution in [2.45, 2.75) is 33.1 Å². The molecule has 0 aliphatic rings. The highest BCUT2D eigenvalue weighted by Gasteiger charge is 2.24. The van der Waals surface area contributed by atoms with Crippen molar-refractivity contribution in [1.29, 1.82) is 0 Å². The fraction of sp³-hybridized carbons (Fsp3) is 0.375. The molecule has 2 aromatic rings. The number of imidazole rings is 1. The van der Waals surface area contributed by atoms with Gasteiger partial charge in [-0.1, -0.05) is 17.7 Å². The standard InChI is InChI=1S/C16H20N2O2/c1-10-7-11(2)15(12(3)8-10)13(9-14(19)20)16-17-5-6-18(16)4/h5-8,13H,9H2,1-4H3,(H,19,20). The molecule has 1 atom stereocenters. The molecule has 2 rings (SSSR count). The van der Waals surface area contributed by atoms with Gasteiger partial charge in [-0.3, -0.25) is 4.79 Å². The van der Waals surface area contributed by atoms with Crippen molar-refractivity contribution in [2.75, 3.05) is 0 Å². The van der Waals surface area contributed by atoms with Gasteiger partial charge in [0.25, 0.3) is 0 Å². The van der Waals surface area contributed by atoms with Crippen molar-refractivity contribution < 1.29 is 9.90 Å². The highest BCUT2D eigenvalue weighted by Crippen LogP contribution is 2.32. The lowest BCUT2D eigenvalue weighted by Gasteiger charge is -2.20. The predicted molar refractivity (Wildman–Crippen MR) is 78.0 cm³/mol. The van der Waals surface area contributed by atoms with Crippen LogP contribution in [0.2, 0.25) is 0 Å². The summed E-state index contributed by atoms with van der Waals surface area (Å²) in [6, 6.07) is 4.19. The number of carboxylic acid groups (broad SMARTS) is 1. The average Bonchev–Trinajstić information content (AvgIpc) is 2.72. The monoisotopic (exact) mass is 272 g/mol. The van der Waals surface area contributed by atoms with Crippen molar-refractivity contribution in [1.82, 2.24) is 9.55 Å². The molecule has 1 N–H and O–H groups in total. The van der Waals surface area contributed by atoms with Crippen LogP contribution in [0.4, 0.5) is 0 Å². The molecule has 1 heterocycles. The molecule has 1 unspecified atom stereocenters. The van der Waals surface area contributed by atoms with Crippen LogP contribution in [0.1, 0.15) is 40.4 Å². The van der Waals surface area contributed by atoms with Crippen molar-refractivity contribution in [2.24, 2.45) is 7.05 Å². The van der Waals surface area contributed by atoms with Gasteiger partial charge in [0, 0.05) is 19.4 Å². The zero-order chi connectivity index (χ0) is 14.9. The summed E-state index contributed by atoms with van der Waals surface area (Å²) in [5, 5.41) is 9.23. The van der Waals surface area contributed by atoms with Crippen LogP contribution in [0.3, 0.4) is 0 Å². The van der Waals surface area contributed by atoms with Crippen LogP contribution in [0.25, 0.3) is 0 Å². The fourth-order valence-electron chi connectivity index (χ4n) is 2.95. The molecule has 0 bridgehead atoms. The minimum Gasteiger partial charge on any atom is -0.481 e. The first-order chi connectivity index (χ1) is 9.40. The second kappa shape index (κ2) is 5.49. The van der Waals surface area contributed by atoms with Crippen LogP contribution in [0.5, 0.6) is 0 Å². The molecule has 1 aromatic carbocycles. The topological polar surface area (TPSA) is 55.1 Å². The molecule has 0 aliphatic carbocycles. The zero-order valence-electron chi connectivity index (χ0n) is 12.3. The van der Waals surface area contributed by atoms with Gasteiger partial charge in [0.15, 0.2) is 0 Å². The quantitative estimate of drug-likeness (QED) is 0.931. The smallest absolute Gasteiger partial charge is 0.304 e. The number of aryl methyl sites for hydroxylation is 4. The van der Waals surface area contributed by atoms with E-state index < -0.39 is 5.97 Å². The lowest BCUT2D eigenvalue weighted by molar-refractivity contribution is -0.137. The largest absolute Gasteiger partial charge is 0.481 e. The Labute approximate surface area is 119 Å². The van der Waals surface area contributed by atoms with Gasteiger partial charge >= 0.3 is 5.97 Å². The number of carboxylic acids is 1. The Balaban J connectivity index is 2.58. The Morgan fingerprint density at radius 1 is 1.30 bits per heavy atom. The van der Waals surface area contributed by atoms with Crippen LogP contribution >= 0.6 is 0 Å². The van der Waals surface area contributed by atoms with Crippen LogP contribution in [0, 0.1) is 20.8 Å². The number of aliphatic carboxylic acids is 1. The zero-order valence-corrected chi connectivity index (χ0v) is 12.3. The molecule has 20 heavy (non-hydrogen) atoms. The second-order valence-corrected chi connectivity index (χ2v) is 5.36. The van der Waals surface area contributed by atoms with Crippen LogP contribution in [-0.4, -0.2) is 20.6 Å². The fourth-order valence-corrected chi connectivity index (χ4v) is 2.95. The maximum Gasteiger partial charge on any atom is 0.304 e. The number of nitrogens with zero attached hydrogens (tertiary/aromatic N) is 2. The second-order valence-electron chi connectivity index (χ2n) is 5.36. The van der Waals surface area contributed by atoms with Crippen molar-refractivity contribution >= 4 is 5.97 Å². The van der Waals surface area contributed by atoms with Gasteiger partial charge < -0.3 is 9.67 Å². The molecule has 0 fully saturated rings. The molecule has 1 aromatic heterocycles. The minimum atomic E-state index is -0.808. The Morgan fingerprint density at radius 2 is 1.90 bits per heavy atom. The van der Waals surface area contributed by atoms with Crippen LogP contribution < -0.4 is 0 Å². The maximum absolute atomic E-state index is 11.2. The Bertz CT molecular complexity index is 621. The molecular formula is C16H20N2O2. The van der Waals surface area contributed by atoms with Crippen LogP contribution in [-0.2, 0) is 11.8 Å². The van der Waals surface area contributed by atoms with E-state index in [2.05, 4.69) is 24.0 Å².